The zero-order chi connectivity index (χ0) is 13.2. The summed E-state index contributed by atoms with van der Waals surface area (Å²) in [4.78, 5) is 11.6. The minimum atomic E-state index is -0.812. The van der Waals surface area contributed by atoms with E-state index >= 15 is 0 Å². The first-order valence-corrected chi connectivity index (χ1v) is 6.45. The van der Waals surface area contributed by atoms with Crippen molar-refractivity contribution in [2.24, 2.45) is 0 Å². The fourth-order valence-electron chi connectivity index (χ4n) is 2.68. The van der Waals surface area contributed by atoms with Crippen LogP contribution in [0.3, 0.4) is 0 Å². The molecule has 2 heterocycles. The summed E-state index contributed by atoms with van der Waals surface area (Å²) in [5.74, 6) is -0.812. The van der Waals surface area contributed by atoms with Gasteiger partial charge in [-0.05, 0) is 30.5 Å². The van der Waals surface area contributed by atoms with Gasteiger partial charge in [0.05, 0.1) is 0 Å². The van der Waals surface area contributed by atoms with Crippen LogP contribution in [0.5, 0.6) is 0 Å². The maximum Gasteiger partial charge on any atom is 0.332 e. The van der Waals surface area contributed by atoms with Crippen molar-refractivity contribution in [1.82, 2.24) is 4.57 Å². The number of carboxylic acids is 1. The van der Waals surface area contributed by atoms with Gasteiger partial charge < -0.3 is 9.67 Å². The maximum atomic E-state index is 11.6. The molecular formula is C16H15NO2. The minimum absolute atomic E-state index is 0.517. The number of aliphatic carboxylic acids is 1. The Hall–Kier alpha value is -2.29. The van der Waals surface area contributed by atoms with E-state index in [2.05, 4.69) is 4.57 Å². The highest BCUT2D eigenvalue weighted by molar-refractivity contribution is 6.00. The van der Waals surface area contributed by atoms with Gasteiger partial charge in [-0.25, -0.2) is 4.79 Å². The Labute approximate surface area is 111 Å². The van der Waals surface area contributed by atoms with E-state index < -0.39 is 5.97 Å². The van der Waals surface area contributed by atoms with Gasteiger partial charge in [0.1, 0.15) is 0 Å². The molecule has 0 fully saturated rings. The van der Waals surface area contributed by atoms with Crippen LogP contribution < -0.4 is 0 Å². The average molecular weight is 253 g/mol. The first-order chi connectivity index (χ1) is 9.27. The molecule has 1 aromatic carbocycles. The molecule has 1 N–H and O–H groups in total. The summed E-state index contributed by atoms with van der Waals surface area (Å²) >= 11 is 0. The van der Waals surface area contributed by atoms with Crippen molar-refractivity contribution in [3.8, 4) is 0 Å². The number of carboxylic acid groups (broad SMARTS) is 1. The highest BCUT2D eigenvalue weighted by Gasteiger charge is 2.22. The second-order valence-electron chi connectivity index (χ2n) is 4.72. The van der Waals surface area contributed by atoms with Gasteiger partial charge in [-0.15, -0.1) is 0 Å². The van der Waals surface area contributed by atoms with E-state index in [9.17, 15) is 9.90 Å². The lowest BCUT2D eigenvalue weighted by atomic mass is 9.95. The van der Waals surface area contributed by atoms with Crippen molar-refractivity contribution in [2.75, 3.05) is 0 Å². The zero-order valence-electron chi connectivity index (χ0n) is 10.5. The Balaban J connectivity index is 2.27. The van der Waals surface area contributed by atoms with Gasteiger partial charge in [0.15, 0.2) is 0 Å². The largest absolute Gasteiger partial charge is 0.478 e. The Morgan fingerprint density at radius 1 is 1.11 bits per heavy atom. The molecule has 2 aromatic rings. The number of aryl methyl sites for hydroxylation is 1. The summed E-state index contributed by atoms with van der Waals surface area (Å²) in [7, 11) is 0. The van der Waals surface area contributed by atoms with Gasteiger partial charge in [-0.3, -0.25) is 0 Å². The number of rotatable bonds is 2. The van der Waals surface area contributed by atoms with E-state index in [1.54, 1.807) is 0 Å². The Bertz CT molecular complexity index is 638. The predicted molar refractivity (Wildman–Crippen MR) is 73.8 cm³/mol. The van der Waals surface area contributed by atoms with Crippen LogP contribution in [-0.2, 0) is 11.3 Å². The molecule has 0 saturated heterocycles. The van der Waals surface area contributed by atoms with Gasteiger partial charge in [0.25, 0.3) is 0 Å². The summed E-state index contributed by atoms with van der Waals surface area (Å²) < 4.78 is 2.14. The molecule has 0 unspecified atom stereocenters. The van der Waals surface area contributed by atoms with Crippen molar-refractivity contribution in [3.05, 3.63) is 65.5 Å². The molecule has 1 aromatic heterocycles. The molecule has 0 atom stereocenters. The minimum Gasteiger partial charge on any atom is -0.478 e. The van der Waals surface area contributed by atoms with Crippen molar-refractivity contribution in [1.29, 1.82) is 0 Å². The Morgan fingerprint density at radius 3 is 2.63 bits per heavy atom. The van der Waals surface area contributed by atoms with E-state index in [1.165, 1.54) is 0 Å². The number of nitrogens with zero attached hydrogens (tertiary/aromatic N) is 1. The van der Waals surface area contributed by atoms with Crippen LogP contribution in [0.4, 0.5) is 0 Å². The molecule has 3 nitrogen and oxygen atoms in total. The lowest BCUT2D eigenvalue weighted by molar-refractivity contribution is -0.132. The third-order valence-electron chi connectivity index (χ3n) is 3.53. The molecule has 0 radical (unpaired) electrons. The fraction of sp³-hybridized carbons (Fsp3) is 0.188. The normalized spacial score (nSPS) is 14.9. The van der Waals surface area contributed by atoms with Crippen LogP contribution in [0.1, 0.15) is 24.1 Å². The van der Waals surface area contributed by atoms with Crippen molar-refractivity contribution < 1.29 is 9.90 Å². The smallest absolute Gasteiger partial charge is 0.332 e. The summed E-state index contributed by atoms with van der Waals surface area (Å²) in [5.41, 5.74) is 3.35. The summed E-state index contributed by atoms with van der Waals surface area (Å²) in [5, 5.41) is 9.49. The Kier molecular flexibility index (Phi) is 2.95. The fourth-order valence-corrected chi connectivity index (χ4v) is 2.68. The second kappa shape index (κ2) is 4.76. The van der Waals surface area contributed by atoms with Gasteiger partial charge in [0, 0.05) is 29.6 Å². The van der Waals surface area contributed by atoms with Gasteiger partial charge in [-0.1, -0.05) is 30.3 Å². The van der Waals surface area contributed by atoms with Crippen LogP contribution in [0, 0.1) is 0 Å². The van der Waals surface area contributed by atoms with E-state index in [0.717, 1.165) is 29.8 Å². The van der Waals surface area contributed by atoms with Gasteiger partial charge in [-0.2, -0.15) is 0 Å². The van der Waals surface area contributed by atoms with E-state index in [4.69, 9.17) is 0 Å². The van der Waals surface area contributed by atoms with E-state index in [1.807, 2.05) is 48.7 Å². The van der Waals surface area contributed by atoms with Crippen molar-refractivity contribution >= 4 is 11.5 Å². The topological polar surface area (TPSA) is 42.2 Å². The molecule has 0 aliphatic carbocycles. The zero-order valence-corrected chi connectivity index (χ0v) is 10.5. The molecule has 3 heteroatoms. The second-order valence-corrected chi connectivity index (χ2v) is 4.72. The van der Waals surface area contributed by atoms with Crippen LogP contribution in [0.15, 0.2) is 54.2 Å². The molecule has 0 saturated carbocycles. The third kappa shape index (κ3) is 2.08. The number of fused-ring (bicyclic) bond motifs is 1. The number of benzene rings is 1. The Morgan fingerprint density at radius 2 is 1.89 bits per heavy atom. The number of carbonyl (C=O) groups is 1. The predicted octanol–water partition coefficient (Wildman–Crippen LogP) is 3.17. The molecule has 0 spiro atoms. The molecule has 19 heavy (non-hydrogen) atoms. The molecular weight excluding hydrogens is 238 g/mol. The molecule has 96 valence electrons. The lowest BCUT2D eigenvalue weighted by Crippen LogP contribution is -2.05. The molecule has 0 bridgehead atoms. The average Bonchev–Trinajstić information content (AvgIpc) is 2.79. The van der Waals surface area contributed by atoms with Crippen molar-refractivity contribution in [3.63, 3.8) is 0 Å². The third-order valence-corrected chi connectivity index (χ3v) is 3.53. The van der Waals surface area contributed by atoms with Gasteiger partial charge in [0.2, 0.25) is 0 Å². The monoisotopic (exact) mass is 253 g/mol. The summed E-state index contributed by atoms with van der Waals surface area (Å²) in [6.07, 6.45) is 3.49. The van der Waals surface area contributed by atoms with Crippen LogP contribution in [-0.4, -0.2) is 15.6 Å². The van der Waals surface area contributed by atoms with Gasteiger partial charge >= 0.3 is 5.97 Å². The standard InChI is InChI=1S/C16H15NO2/c18-16(19)13-8-4-10-17-11-5-9-14(17)15(13)12-6-2-1-3-7-12/h1-3,5-7,9,11H,4,8,10H2,(H,18,19). The quantitative estimate of drug-likeness (QED) is 0.893. The van der Waals surface area contributed by atoms with Crippen molar-refractivity contribution in [2.45, 2.75) is 19.4 Å². The van der Waals surface area contributed by atoms with Crippen LogP contribution in [0.25, 0.3) is 5.57 Å². The highest BCUT2D eigenvalue weighted by Crippen LogP contribution is 2.32. The highest BCUT2D eigenvalue weighted by atomic mass is 16.4. The molecule has 0 amide bonds. The number of hydrogen-bond acceptors (Lipinski definition) is 1. The molecule has 1 aliphatic rings. The number of hydrogen-bond donors (Lipinski definition) is 1. The summed E-state index contributed by atoms with van der Waals surface area (Å²) in [6.45, 7) is 0.870. The van der Waals surface area contributed by atoms with E-state index in [0.29, 0.717) is 12.0 Å². The SMILES string of the molecule is O=C(O)C1=C(c2ccccc2)c2cccn2CCC1. The first kappa shape index (κ1) is 11.8. The summed E-state index contributed by atoms with van der Waals surface area (Å²) in [6, 6.07) is 13.8. The number of aromatic nitrogens is 1. The lowest BCUT2D eigenvalue weighted by Gasteiger charge is -2.11. The van der Waals surface area contributed by atoms with E-state index in [-0.39, 0.29) is 0 Å². The maximum absolute atomic E-state index is 11.6. The first-order valence-electron chi connectivity index (χ1n) is 6.45. The van der Waals surface area contributed by atoms with Crippen LogP contribution >= 0.6 is 0 Å². The van der Waals surface area contributed by atoms with Crippen LogP contribution in [0.2, 0.25) is 0 Å². The molecule has 1 aliphatic heterocycles. The molecule has 3 rings (SSSR count).